The van der Waals surface area contributed by atoms with E-state index in [-0.39, 0.29) is 5.91 Å². The van der Waals surface area contributed by atoms with E-state index in [1.807, 2.05) is 22.6 Å². The molecule has 1 saturated heterocycles. The molecule has 0 aliphatic carbocycles. The Kier molecular flexibility index (Phi) is 5.36. The highest BCUT2D eigenvalue weighted by molar-refractivity contribution is 7.20. The van der Waals surface area contributed by atoms with Crippen molar-refractivity contribution < 1.29 is 4.79 Å². The predicted molar refractivity (Wildman–Crippen MR) is 127 cm³/mol. The van der Waals surface area contributed by atoms with E-state index in [1.54, 1.807) is 11.3 Å². The summed E-state index contributed by atoms with van der Waals surface area (Å²) < 4.78 is 1.97. The van der Waals surface area contributed by atoms with Crippen LogP contribution < -0.4 is 0 Å². The minimum Gasteiger partial charge on any atom is -0.338 e. The van der Waals surface area contributed by atoms with Gasteiger partial charge in [0.25, 0.3) is 5.91 Å². The van der Waals surface area contributed by atoms with E-state index in [0.717, 1.165) is 58.8 Å². The van der Waals surface area contributed by atoms with Crippen molar-refractivity contribution in [2.45, 2.75) is 33.1 Å². The Balaban J connectivity index is 1.31. The van der Waals surface area contributed by atoms with Gasteiger partial charge in [-0.3, -0.25) is 4.79 Å². The monoisotopic (exact) mass is 429 g/mol. The quantitative estimate of drug-likeness (QED) is 0.411. The summed E-state index contributed by atoms with van der Waals surface area (Å²) >= 11 is 1.56. The summed E-state index contributed by atoms with van der Waals surface area (Å²) in [6.45, 7) is 5.78. The summed E-state index contributed by atoms with van der Waals surface area (Å²) in [5.74, 6) is 0.820. The van der Waals surface area contributed by atoms with E-state index in [0.29, 0.717) is 5.92 Å². The van der Waals surface area contributed by atoms with Crippen molar-refractivity contribution in [1.29, 1.82) is 0 Å². The Morgan fingerprint density at radius 3 is 2.45 bits per heavy atom. The highest BCUT2D eigenvalue weighted by Gasteiger charge is 2.26. The predicted octanol–water partition coefficient (Wildman–Crippen LogP) is 5.80. The van der Waals surface area contributed by atoms with Gasteiger partial charge >= 0.3 is 0 Å². The molecule has 1 aliphatic heterocycles. The first kappa shape index (κ1) is 20.0. The maximum Gasteiger partial charge on any atom is 0.264 e. The molecule has 2 aromatic heterocycles. The number of amides is 1. The molecular formula is C26H27N3OS. The van der Waals surface area contributed by atoms with Crippen LogP contribution in [0.2, 0.25) is 0 Å². The zero-order valence-corrected chi connectivity index (χ0v) is 18.9. The van der Waals surface area contributed by atoms with Gasteiger partial charge in [-0.2, -0.15) is 5.10 Å². The van der Waals surface area contributed by atoms with Crippen LogP contribution in [-0.2, 0) is 6.42 Å². The molecular weight excluding hydrogens is 402 g/mol. The number of likely N-dealkylation sites (tertiary alicyclic amines) is 1. The van der Waals surface area contributed by atoms with Crippen LogP contribution in [0.1, 0.15) is 39.3 Å². The molecule has 5 heteroatoms. The number of aromatic nitrogens is 2. The third-order valence-corrected chi connectivity index (χ3v) is 7.40. The first-order valence-electron chi connectivity index (χ1n) is 11.0. The van der Waals surface area contributed by atoms with Gasteiger partial charge in [-0.1, -0.05) is 48.0 Å². The van der Waals surface area contributed by atoms with Gasteiger partial charge < -0.3 is 4.90 Å². The lowest BCUT2D eigenvalue weighted by atomic mass is 9.90. The maximum absolute atomic E-state index is 13.2. The van der Waals surface area contributed by atoms with E-state index >= 15 is 0 Å². The standard InChI is InChI=1S/C26H27N3OS/c1-18-8-10-22(11-9-18)29-26-23(19(2)27-29)17-24(31-26)25(30)28-14-12-21(13-15-28)16-20-6-4-3-5-7-20/h3-11,17,21H,12-16H2,1-2H3. The topological polar surface area (TPSA) is 38.1 Å². The van der Waals surface area contributed by atoms with Crippen LogP contribution in [0.4, 0.5) is 0 Å². The Bertz CT molecular complexity index is 1200. The fraction of sp³-hybridized carbons (Fsp3) is 0.308. The Labute approximate surface area is 187 Å². The van der Waals surface area contributed by atoms with Crippen molar-refractivity contribution in [3.8, 4) is 5.69 Å². The molecule has 1 aliphatic rings. The molecule has 0 saturated carbocycles. The summed E-state index contributed by atoms with van der Waals surface area (Å²) in [6, 6.07) is 21.1. The first-order chi connectivity index (χ1) is 15.1. The van der Waals surface area contributed by atoms with Crippen molar-refractivity contribution in [3.05, 3.63) is 82.4 Å². The molecule has 158 valence electrons. The summed E-state index contributed by atoms with van der Waals surface area (Å²) in [5.41, 5.74) is 4.62. The summed E-state index contributed by atoms with van der Waals surface area (Å²) in [5, 5.41) is 5.79. The van der Waals surface area contributed by atoms with Crippen LogP contribution in [0.25, 0.3) is 15.9 Å². The van der Waals surface area contributed by atoms with Crippen LogP contribution in [0.5, 0.6) is 0 Å². The minimum atomic E-state index is 0.161. The number of fused-ring (bicyclic) bond motifs is 1. The Morgan fingerprint density at radius 2 is 1.74 bits per heavy atom. The maximum atomic E-state index is 13.2. The molecule has 5 rings (SSSR count). The minimum absolute atomic E-state index is 0.161. The lowest BCUT2D eigenvalue weighted by Crippen LogP contribution is -2.38. The zero-order chi connectivity index (χ0) is 21.4. The average molecular weight is 430 g/mol. The van der Waals surface area contributed by atoms with Gasteiger partial charge in [0, 0.05) is 18.5 Å². The highest BCUT2D eigenvalue weighted by Crippen LogP contribution is 2.32. The smallest absolute Gasteiger partial charge is 0.264 e. The largest absolute Gasteiger partial charge is 0.338 e. The first-order valence-corrected chi connectivity index (χ1v) is 11.8. The molecule has 0 atom stereocenters. The molecule has 0 spiro atoms. The van der Waals surface area contributed by atoms with E-state index in [4.69, 9.17) is 5.10 Å². The van der Waals surface area contributed by atoms with E-state index in [9.17, 15) is 4.79 Å². The second kappa shape index (κ2) is 8.31. The number of carbonyl (C=O) groups is 1. The highest BCUT2D eigenvalue weighted by atomic mass is 32.1. The average Bonchev–Trinajstić information content (AvgIpc) is 3.36. The third-order valence-electron chi connectivity index (χ3n) is 6.30. The molecule has 0 unspecified atom stereocenters. The SMILES string of the molecule is Cc1ccc(-n2nc(C)c3cc(C(=O)N4CCC(Cc5ccccc5)CC4)sc32)cc1. The van der Waals surface area contributed by atoms with Crippen LogP contribution in [0.15, 0.2) is 60.7 Å². The van der Waals surface area contributed by atoms with Gasteiger partial charge in [-0.15, -0.1) is 11.3 Å². The van der Waals surface area contributed by atoms with Crippen molar-refractivity contribution in [1.82, 2.24) is 14.7 Å². The fourth-order valence-corrected chi connectivity index (χ4v) is 5.61. The van der Waals surface area contributed by atoms with Crippen molar-refractivity contribution in [3.63, 3.8) is 0 Å². The van der Waals surface area contributed by atoms with E-state index in [1.165, 1.54) is 11.1 Å². The van der Waals surface area contributed by atoms with Crippen LogP contribution >= 0.6 is 11.3 Å². The zero-order valence-electron chi connectivity index (χ0n) is 18.0. The fourth-order valence-electron chi connectivity index (χ4n) is 4.46. The molecule has 1 fully saturated rings. The molecule has 2 aromatic carbocycles. The molecule has 0 radical (unpaired) electrons. The number of thiophene rings is 1. The molecule has 1 amide bonds. The van der Waals surface area contributed by atoms with Crippen LogP contribution in [0.3, 0.4) is 0 Å². The number of aryl methyl sites for hydroxylation is 2. The second-order valence-corrected chi connectivity index (χ2v) is 9.62. The number of nitrogens with zero attached hydrogens (tertiary/aromatic N) is 3. The molecule has 31 heavy (non-hydrogen) atoms. The molecule has 3 heterocycles. The number of carbonyl (C=O) groups excluding carboxylic acids is 1. The molecule has 0 bridgehead atoms. The number of hydrogen-bond donors (Lipinski definition) is 0. The van der Waals surface area contributed by atoms with Gasteiger partial charge in [-0.05, 0) is 62.8 Å². The van der Waals surface area contributed by atoms with Crippen molar-refractivity contribution in [2.75, 3.05) is 13.1 Å². The normalized spacial score (nSPS) is 15.0. The van der Waals surface area contributed by atoms with Gasteiger partial charge in [0.2, 0.25) is 0 Å². The molecule has 0 N–H and O–H groups in total. The van der Waals surface area contributed by atoms with Crippen LogP contribution in [0, 0.1) is 19.8 Å². The number of benzene rings is 2. The van der Waals surface area contributed by atoms with Gasteiger partial charge in [0.1, 0.15) is 4.83 Å². The summed E-state index contributed by atoms with van der Waals surface area (Å²) in [6.07, 6.45) is 3.25. The van der Waals surface area contributed by atoms with Gasteiger partial charge in [0.15, 0.2) is 0 Å². The lowest BCUT2D eigenvalue weighted by molar-refractivity contribution is 0.0695. The van der Waals surface area contributed by atoms with E-state index < -0.39 is 0 Å². The van der Waals surface area contributed by atoms with Gasteiger partial charge in [-0.25, -0.2) is 4.68 Å². The number of rotatable bonds is 4. The number of hydrogen-bond acceptors (Lipinski definition) is 3. The van der Waals surface area contributed by atoms with Crippen molar-refractivity contribution in [2.24, 2.45) is 5.92 Å². The van der Waals surface area contributed by atoms with Gasteiger partial charge in [0.05, 0.1) is 16.3 Å². The van der Waals surface area contributed by atoms with Crippen LogP contribution in [-0.4, -0.2) is 33.7 Å². The molecule has 4 aromatic rings. The Hall–Kier alpha value is -2.92. The summed E-state index contributed by atoms with van der Waals surface area (Å²) in [7, 11) is 0. The second-order valence-electron chi connectivity index (χ2n) is 8.59. The Morgan fingerprint density at radius 1 is 1.03 bits per heavy atom. The van der Waals surface area contributed by atoms with Crippen molar-refractivity contribution >= 4 is 27.5 Å². The molecule has 4 nitrogen and oxygen atoms in total. The lowest BCUT2D eigenvalue weighted by Gasteiger charge is -2.31. The van der Waals surface area contributed by atoms with E-state index in [2.05, 4.69) is 61.5 Å². The summed E-state index contributed by atoms with van der Waals surface area (Å²) in [4.78, 5) is 17.1. The third kappa shape index (κ3) is 4.02. The number of piperidine rings is 1.